The molecule has 6 heteroatoms. The van der Waals surface area contributed by atoms with Crippen LogP contribution in [0.15, 0.2) is 41.2 Å². The summed E-state index contributed by atoms with van der Waals surface area (Å²) >= 11 is 0. The highest BCUT2D eigenvalue weighted by Gasteiger charge is 2.35. The normalized spacial score (nSPS) is 16.0. The zero-order chi connectivity index (χ0) is 17.8. The van der Waals surface area contributed by atoms with Gasteiger partial charge in [-0.05, 0) is 30.7 Å². The van der Waals surface area contributed by atoms with Gasteiger partial charge >= 0.3 is 0 Å². The molecule has 0 atom stereocenters. The summed E-state index contributed by atoms with van der Waals surface area (Å²) in [6, 6.07) is 11.0. The molecule has 26 heavy (non-hydrogen) atoms. The third-order valence-corrected chi connectivity index (χ3v) is 5.24. The van der Waals surface area contributed by atoms with E-state index in [1.165, 1.54) is 4.57 Å². The van der Waals surface area contributed by atoms with Crippen LogP contribution in [0.1, 0.15) is 21.7 Å². The van der Waals surface area contributed by atoms with Gasteiger partial charge in [-0.15, -0.1) is 0 Å². The Bertz CT molecular complexity index is 1130. The predicted molar refractivity (Wildman–Crippen MR) is 101 cm³/mol. The number of nitrogens with zero attached hydrogens (tertiary/aromatic N) is 3. The molecule has 0 bridgehead atoms. The lowest BCUT2D eigenvalue weighted by atomic mass is 10.0. The zero-order valence-electron chi connectivity index (χ0n) is 14.5. The van der Waals surface area contributed by atoms with E-state index in [-0.39, 0.29) is 17.2 Å². The fourth-order valence-corrected chi connectivity index (χ4v) is 4.01. The van der Waals surface area contributed by atoms with Crippen LogP contribution in [-0.4, -0.2) is 41.5 Å². The summed E-state index contributed by atoms with van der Waals surface area (Å²) in [5, 5.41) is 3.87. The number of nitrogens with one attached hydrogen (secondary N) is 1. The van der Waals surface area contributed by atoms with E-state index in [2.05, 4.69) is 15.2 Å². The van der Waals surface area contributed by atoms with Crippen LogP contribution in [0, 0.1) is 6.92 Å². The molecule has 3 aromatic rings. The fraction of sp³-hybridized carbons (Fsp3) is 0.250. The molecule has 3 heterocycles. The maximum absolute atomic E-state index is 13.2. The number of fused-ring (bicyclic) bond motifs is 4. The molecule has 5 rings (SSSR count). The Kier molecular flexibility index (Phi) is 3.24. The van der Waals surface area contributed by atoms with Crippen molar-refractivity contribution in [3.05, 3.63) is 63.7 Å². The Morgan fingerprint density at radius 3 is 2.62 bits per heavy atom. The molecular weight excluding hydrogens is 328 g/mol. The topological polar surface area (TPSA) is 67.2 Å². The Morgan fingerprint density at radius 2 is 1.81 bits per heavy atom. The van der Waals surface area contributed by atoms with E-state index in [4.69, 9.17) is 0 Å². The monoisotopic (exact) mass is 346 g/mol. The van der Waals surface area contributed by atoms with Crippen molar-refractivity contribution in [2.45, 2.75) is 6.92 Å². The van der Waals surface area contributed by atoms with Gasteiger partial charge in [0.25, 0.3) is 5.56 Å². The molecule has 0 radical (unpaired) electrons. The van der Waals surface area contributed by atoms with Gasteiger partial charge in [0.05, 0.1) is 27.8 Å². The highest BCUT2D eigenvalue weighted by atomic mass is 16.1. The van der Waals surface area contributed by atoms with Crippen LogP contribution in [0.4, 0.5) is 5.69 Å². The summed E-state index contributed by atoms with van der Waals surface area (Å²) < 4.78 is 1.48. The lowest BCUT2D eigenvalue weighted by Crippen LogP contribution is -2.44. The molecule has 2 aromatic carbocycles. The maximum Gasteiger partial charge on any atom is 0.266 e. The maximum atomic E-state index is 13.2. The quantitative estimate of drug-likeness (QED) is 0.568. The standard InChI is InChI=1S/C20H18N4O2/c1-12-6-7-15-16(17(12)23-10-8-21-9-11-23)18(25)19-22-14-5-3-2-4-13(14)20(26)24(15)19/h2-7,21H,8-11H2,1H3. The summed E-state index contributed by atoms with van der Waals surface area (Å²) in [6.07, 6.45) is 0. The predicted octanol–water partition coefficient (Wildman–Crippen LogP) is 1.65. The smallest absolute Gasteiger partial charge is 0.266 e. The molecule has 6 nitrogen and oxygen atoms in total. The number of para-hydroxylation sites is 1. The summed E-state index contributed by atoms with van der Waals surface area (Å²) in [5.74, 6) is 0.0470. The second-order valence-corrected chi connectivity index (χ2v) is 6.78. The number of aryl methyl sites for hydroxylation is 1. The van der Waals surface area contributed by atoms with Crippen molar-refractivity contribution in [3.63, 3.8) is 0 Å². The summed E-state index contributed by atoms with van der Waals surface area (Å²) in [4.78, 5) is 33.0. The van der Waals surface area contributed by atoms with E-state index in [1.54, 1.807) is 12.1 Å². The molecule has 2 aliphatic rings. The molecule has 0 saturated carbocycles. The zero-order valence-corrected chi connectivity index (χ0v) is 14.5. The molecule has 1 saturated heterocycles. The molecule has 0 spiro atoms. The van der Waals surface area contributed by atoms with Crippen molar-refractivity contribution in [1.29, 1.82) is 0 Å². The molecule has 2 aliphatic heterocycles. The number of hydrogen-bond acceptors (Lipinski definition) is 5. The van der Waals surface area contributed by atoms with Crippen LogP contribution in [0.3, 0.4) is 0 Å². The first-order valence-electron chi connectivity index (χ1n) is 8.83. The molecule has 1 fully saturated rings. The lowest BCUT2D eigenvalue weighted by molar-refractivity contribution is 0.103. The Labute approximate surface area is 150 Å². The average molecular weight is 346 g/mol. The van der Waals surface area contributed by atoms with E-state index in [0.29, 0.717) is 22.2 Å². The number of hydrogen-bond donors (Lipinski definition) is 1. The Hall–Kier alpha value is -2.99. The molecule has 0 aliphatic carbocycles. The second-order valence-electron chi connectivity index (χ2n) is 6.78. The Morgan fingerprint density at radius 1 is 1.04 bits per heavy atom. The molecule has 0 unspecified atom stereocenters. The first-order chi connectivity index (χ1) is 12.7. The third-order valence-electron chi connectivity index (χ3n) is 5.24. The van der Waals surface area contributed by atoms with Crippen molar-refractivity contribution in [2.75, 3.05) is 31.1 Å². The van der Waals surface area contributed by atoms with Crippen LogP contribution in [0.5, 0.6) is 0 Å². The largest absolute Gasteiger partial charge is 0.368 e. The van der Waals surface area contributed by atoms with Crippen molar-refractivity contribution >= 4 is 22.4 Å². The molecule has 130 valence electrons. The highest BCUT2D eigenvalue weighted by molar-refractivity contribution is 6.17. The van der Waals surface area contributed by atoms with Crippen LogP contribution < -0.4 is 15.8 Å². The third kappa shape index (κ3) is 1.99. The van der Waals surface area contributed by atoms with E-state index >= 15 is 0 Å². The molecular formula is C20H18N4O2. The number of rotatable bonds is 1. The van der Waals surface area contributed by atoms with E-state index < -0.39 is 0 Å². The van der Waals surface area contributed by atoms with Crippen molar-refractivity contribution < 1.29 is 4.79 Å². The van der Waals surface area contributed by atoms with Gasteiger partial charge in [0.1, 0.15) is 0 Å². The molecule has 1 N–H and O–H groups in total. The van der Waals surface area contributed by atoms with Gasteiger partial charge in [0, 0.05) is 26.2 Å². The lowest BCUT2D eigenvalue weighted by Gasteiger charge is -2.32. The second kappa shape index (κ2) is 5.51. The number of aromatic nitrogens is 2. The minimum Gasteiger partial charge on any atom is -0.368 e. The number of anilines is 1. The van der Waals surface area contributed by atoms with E-state index in [0.717, 1.165) is 37.4 Å². The molecule has 1 aromatic heterocycles. The van der Waals surface area contributed by atoms with Gasteiger partial charge < -0.3 is 10.2 Å². The number of piperazine rings is 1. The summed E-state index contributed by atoms with van der Waals surface area (Å²) in [5.41, 5.74) is 3.60. The van der Waals surface area contributed by atoms with Crippen LogP contribution in [0.2, 0.25) is 0 Å². The van der Waals surface area contributed by atoms with Crippen LogP contribution >= 0.6 is 0 Å². The van der Waals surface area contributed by atoms with E-state index in [9.17, 15) is 9.59 Å². The van der Waals surface area contributed by atoms with Crippen molar-refractivity contribution in [2.24, 2.45) is 0 Å². The number of carbonyl (C=O) groups is 1. The SMILES string of the molecule is Cc1ccc2c(c1N1CCNCC1)C(=O)c1nc3ccccc3c(=O)n1-2. The van der Waals surface area contributed by atoms with Crippen LogP contribution in [-0.2, 0) is 0 Å². The minimum absolute atomic E-state index is 0.167. The highest BCUT2D eigenvalue weighted by Crippen LogP contribution is 2.36. The number of benzene rings is 2. The van der Waals surface area contributed by atoms with Gasteiger partial charge in [0.15, 0.2) is 5.82 Å². The summed E-state index contributed by atoms with van der Waals surface area (Å²) in [6.45, 7) is 5.45. The van der Waals surface area contributed by atoms with Gasteiger partial charge in [0.2, 0.25) is 5.78 Å². The summed E-state index contributed by atoms with van der Waals surface area (Å²) in [7, 11) is 0. The molecule has 0 amide bonds. The van der Waals surface area contributed by atoms with Crippen molar-refractivity contribution in [3.8, 4) is 5.69 Å². The number of ketones is 1. The number of carbonyl (C=O) groups excluding carboxylic acids is 1. The van der Waals surface area contributed by atoms with Crippen molar-refractivity contribution in [1.82, 2.24) is 14.9 Å². The fourth-order valence-electron chi connectivity index (χ4n) is 4.01. The van der Waals surface area contributed by atoms with Crippen LogP contribution in [0.25, 0.3) is 16.6 Å². The van der Waals surface area contributed by atoms with Gasteiger partial charge in [-0.1, -0.05) is 18.2 Å². The van der Waals surface area contributed by atoms with Gasteiger partial charge in [-0.3, -0.25) is 14.2 Å². The average Bonchev–Trinajstić information content (AvgIpc) is 2.95. The Balaban J connectivity index is 1.81. The van der Waals surface area contributed by atoms with Gasteiger partial charge in [-0.25, -0.2) is 4.98 Å². The minimum atomic E-state index is -0.187. The first-order valence-corrected chi connectivity index (χ1v) is 8.83. The van der Waals surface area contributed by atoms with E-state index in [1.807, 2.05) is 31.2 Å². The first kappa shape index (κ1) is 15.3. The van der Waals surface area contributed by atoms with Gasteiger partial charge in [-0.2, -0.15) is 0 Å².